The maximum atomic E-state index is 12.4. The summed E-state index contributed by atoms with van der Waals surface area (Å²) in [4.78, 5) is 36.7. The highest BCUT2D eigenvalue weighted by molar-refractivity contribution is 5.96. The number of hydrogen-bond donors (Lipinski definition) is 1. The number of piperidine rings is 1. The molecule has 7 nitrogen and oxygen atoms in total. The summed E-state index contributed by atoms with van der Waals surface area (Å²) in [5, 5.41) is 13.4. The molecule has 1 heterocycles. The number of aryl methyl sites for hydroxylation is 2. The Morgan fingerprint density at radius 2 is 1.83 bits per heavy atom. The molecule has 0 spiro atoms. The van der Waals surface area contributed by atoms with Gasteiger partial charge in [-0.25, -0.2) is 0 Å². The molecule has 2 aromatic rings. The summed E-state index contributed by atoms with van der Waals surface area (Å²) >= 11 is 0. The van der Waals surface area contributed by atoms with Gasteiger partial charge in [0.15, 0.2) is 0 Å². The predicted octanol–water partition coefficient (Wildman–Crippen LogP) is 3.50. The van der Waals surface area contributed by atoms with Crippen molar-refractivity contribution >= 4 is 17.5 Å². The van der Waals surface area contributed by atoms with Crippen LogP contribution in [0.1, 0.15) is 40.7 Å². The molecule has 0 aromatic heterocycles. The highest BCUT2D eigenvalue weighted by Gasteiger charge is 2.23. The molecule has 30 heavy (non-hydrogen) atoms. The van der Waals surface area contributed by atoms with E-state index in [0.717, 1.165) is 25.7 Å². The number of amides is 2. The van der Waals surface area contributed by atoms with Crippen molar-refractivity contribution in [2.24, 2.45) is 5.92 Å². The number of carbonyl (C=O) groups excluding carboxylic acids is 2. The van der Waals surface area contributed by atoms with Crippen LogP contribution in [0.4, 0.5) is 5.69 Å². The minimum Gasteiger partial charge on any atom is -0.343 e. The normalized spacial score (nSPS) is 14.4. The van der Waals surface area contributed by atoms with Gasteiger partial charge < -0.3 is 10.2 Å². The van der Waals surface area contributed by atoms with Crippen LogP contribution in [0.25, 0.3) is 0 Å². The van der Waals surface area contributed by atoms with E-state index < -0.39 is 10.8 Å². The lowest BCUT2D eigenvalue weighted by Gasteiger charge is -2.32. The average Bonchev–Trinajstić information content (AvgIpc) is 2.77. The molecular formula is C23H27N3O4. The number of benzene rings is 2. The standard InChI is InChI=1S/C23H27N3O4/c1-17-5-7-18(8-6-17)9-10-19-11-13-25(14-12-19)22(27)16-24-23(28)20-3-2-4-21(15-20)26(29)30/h2-8,15,19H,9-14,16H2,1H3,(H,24,28). The van der Waals surface area contributed by atoms with E-state index in [2.05, 4.69) is 36.5 Å². The topological polar surface area (TPSA) is 92.6 Å². The molecule has 0 radical (unpaired) electrons. The lowest BCUT2D eigenvalue weighted by molar-refractivity contribution is -0.384. The summed E-state index contributed by atoms with van der Waals surface area (Å²) in [6.45, 7) is 3.38. The number of non-ortho nitro benzene ring substituents is 1. The van der Waals surface area contributed by atoms with Crippen LogP contribution in [0.3, 0.4) is 0 Å². The number of carbonyl (C=O) groups is 2. The Morgan fingerprint density at radius 3 is 2.50 bits per heavy atom. The molecule has 1 aliphatic rings. The largest absolute Gasteiger partial charge is 0.343 e. The minimum atomic E-state index is -0.551. The quantitative estimate of drug-likeness (QED) is 0.559. The van der Waals surface area contributed by atoms with Crippen molar-refractivity contribution in [1.29, 1.82) is 0 Å². The van der Waals surface area contributed by atoms with Crippen LogP contribution < -0.4 is 5.32 Å². The monoisotopic (exact) mass is 409 g/mol. The number of likely N-dealkylation sites (tertiary alicyclic amines) is 1. The van der Waals surface area contributed by atoms with Gasteiger partial charge in [-0.1, -0.05) is 35.9 Å². The molecule has 1 saturated heterocycles. The van der Waals surface area contributed by atoms with Gasteiger partial charge in [-0.2, -0.15) is 0 Å². The third kappa shape index (κ3) is 5.89. The fourth-order valence-corrected chi connectivity index (χ4v) is 3.73. The number of nitro groups is 1. The third-order valence-electron chi connectivity index (χ3n) is 5.65. The highest BCUT2D eigenvalue weighted by Crippen LogP contribution is 2.22. The van der Waals surface area contributed by atoms with E-state index in [0.29, 0.717) is 19.0 Å². The lowest BCUT2D eigenvalue weighted by Crippen LogP contribution is -2.44. The maximum Gasteiger partial charge on any atom is 0.270 e. The van der Waals surface area contributed by atoms with Crippen LogP contribution in [-0.2, 0) is 11.2 Å². The van der Waals surface area contributed by atoms with Gasteiger partial charge in [-0.05, 0) is 50.2 Å². The second-order valence-corrected chi connectivity index (χ2v) is 7.84. The van der Waals surface area contributed by atoms with Crippen molar-refractivity contribution in [2.45, 2.75) is 32.6 Å². The SMILES string of the molecule is Cc1ccc(CCC2CCN(C(=O)CNC(=O)c3cccc([N+](=O)[O-])c3)CC2)cc1. The smallest absolute Gasteiger partial charge is 0.270 e. The van der Waals surface area contributed by atoms with E-state index in [1.165, 1.54) is 35.4 Å². The Labute approximate surface area is 176 Å². The fourth-order valence-electron chi connectivity index (χ4n) is 3.73. The van der Waals surface area contributed by atoms with Crippen LogP contribution in [0, 0.1) is 23.0 Å². The maximum absolute atomic E-state index is 12.4. The van der Waals surface area contributed by atoms with Crippen molar-refractivity contribution < 1.29 is 14.5 Å². The Bertz CT molecular complexity index is 903. The Hall–Kier alpha value is -3.22. The first-order valence-electron chi connectivity index (χ1n) is 10.3. The zero-order chi connectivity index (χ0) is 21.5. The van der Waals surface area contributed by atoms with E-state index in [4.69, 9.17) is 0 Å². The molecule has 0 bridgehead atoms. The van der Waals surface area contributed by atoms with Gasteiger partial charge in [0, 0.05) is 30.8 Å². The fraction of sp³-hybridized carbons (Fsp3) is 0.391. The molecule has 2 amide bonds. The van der Waals surface area contributed by atoms with E-state index >= 15 is 0 Å². The van der Waals surface area contributed by atoms with E-state index in [1.807, 2.05) is 0 Å². The van der Waals surface area contributed by atoms with Gasteiger partial charge >= 0.3 is 0 Å². The molecule has 2 aromatic carbocycles. The molecule has 158 valence electrons. The summed E-state index contributed by atoms with van der Waals surface area (Å²) in [7, 11) is 0. The second kappa shape index (κ2) is 10.0. The van der Waals surface area contributed by atoms with Gasteiger partial charge in [0.25, 0.3) is 11.6 Å². The van der Waals surface area contributed by atoms with E-state index in [-0.39, 0.29) is 23.7 Å². The van der Waals surface area contributed by atoms with Gasteiger partial charge in [-0.3, -0.25) is 19.7 Å². The highest BCUT2D eigenvalue weighted by atomic mass is 16.6. The summed E-state index contributed by atoms with van der Waals surface area (Å²) in [6, 6.07) is 14.1. The van der Waals surface area contributed by atoms with E-state index in [9.17, 15) is 19.7 Å². The lowest BCUT2D eigenvalue weighted by atomic mass is 9.90. The molecule has 1 fully saturated rings. The number of rotatable bonds is 7. The van der Waals surface area contributed by atoms with Crippen molar-refractivity contribution in [2.75, 3.05) is 19.6 Å². The zero-order valence-corrected chi connectivity index (χ0v) is 17.2. The molecule has 7 heteroatoms. The van der Waals surface area contributed by atoms with E-state index in [1.54, 1.807) is 4.90 Å². The van der Waals surface area contributed by atoms with Gasteiger partial charge in [0.1, 0.15) is 0 Å². The number of hydrogen-bond acceptors (Lipinski definition) is 4. The van der Waals surface area contributed by atoms with Crippen LogP contribution in [-0.4, -0.2) is 41.3 Å². The molecule has 3 rings (SSSR count). The first-order valence-corrected chi connectivity index (χ1v) is 10.3. The van der Waals surface area contributed by atoms with Crippen LogP contribution >= 0.6 is 0 Å². The number of nitrogens with zero attached hydrogens (tertiary/aromatic N) is 2. The Morgan fingerprint density at radius 1 is 1.13 bits per heavy atom. The van der Waals surface area contributed by atoms with Crippen molar-refractivity contribution in [3.8, 4) is 0 Å². The minimum absolute atomic E-state index is 0.102. The molecular weight excluding hydrogens is 382 g/mol. The van der Waals surface area contributed by atoms with Crippen molar-refractivity contribution in [3.63, 3.8) is 0 Å². The number of nitro benzene ring substituents is 1. The molecule has 1 aliphatic heterocycles. The predicted molar refractivity (Wildman–Crippen MR) is 114 cm³/mol. The summed E-state index contributed by atoms with van der Waals surface area (Å²) in [5.74, 6) is 0.000566. The molecule has 0 unspecified atom stereocenters. The molecule has 1 N–H and O–H groups in total. The van der Waals surface area contributed by atoms with Gasteiger partial charge in [0.05, 0.1) is 11.5 Å². The van der Waals surface area contributed by atoms with Crippen molar-refractivity contribution in [3.05, 3.63) is 75.3 Å². The zero-order valence-electron chi connectivity index (χ0n) is 17.2. The Kier molecular flexibility index (Phi) is 7.17. The molecule has 0 saturated carbocycles. The summed E-state index contributed by atoms with van der Waals surface area (Å²) in [5.41, 5.74) is 2.64. The third-order valence-corrected chi connectivity index (χ3v) is 5.65. The van der Waals surface area contributed by atoms with Crippen LogP contribution in [0.2, 0.25) is 0 Å². The summed E-state index contributed by atoms with van der Waals surface area (Å²) in [6.07, 6.45) is 4.11. The van der Waals surface area contributed by atoms with Crippen LogP contribution in [0.5, 0.6) is 0 Å². The molecule has 0 aliphatic carbocycles. The summed E-state index contributed by atoms with van der Waals surface area (Å²) < 4.78 is 0. The average molecular weight is 409 g/mol. The van der Waals surface area contributed by atoms with Crippen LogP contribution in [0.15, 0.2) is 48.5 Å². The first-order chi connectivity index (χ1) is 14.4. The first kappa shape index (κ1) is 21.5. The Balaban J connectivity index is 1.40. The number of nitrogens with one attached hydrogen (secondary N) is 1. The van der Waals surface area contributed by atoms with Gasteiger partial charge in [0.2, 0.25) is 5.91 Å². The molecule has 0 atom stereocenters. The van der Waals surface area contributed by atoms with Crippen molar-refractivity contribution in [1.82, 2.24) is 10.2 Å². The van der Waals surface area contributed by atoms with Gasteiger partial charge in [-0.15, -0.1) is 0 Å². The second-order valence-electron chi connectivity index (χ2n) is 7.84.